The van der Waals surface area contributed by atoms with Crippen LogP contribution in [0.5, 0.6) is 5.75 Å². The zero-order chi connectivity index (χ0) is 25.3. The molecule has 178 valence electrons. The normalized spacial score (nSPS) is 11.2. The number of ether oxygens (including phenoxy) is 1. The largest absolute Gasteiger partial charge is 0.425 e. The average Bonchev–Trinajstić information content (AvgIpc) is 2.78. The molecule has 3 aromatic rings. The smallest absolute Gasteiger partial charge is 0.313 e. The second-order valence-electron chi connectivity index (χ2n) is 8.42. The van der Waals surface area contributed by atoms with Crippen LogP contribution in [0, 0.1) is 17.7 Å². The molecule has 2 aromatic carbocycles. The zero-order valence-electron chi connectivity index (χ0n) is 19.4. The van der Waals surface area contributed by atoms with E-state index in [9.17, 15) is 23.6 Å². The summed E-state index contributed by atoms with van der Waals surface area (Å²) in [6, 6.07) is 9.32. The van der Waals surface area contributed by atoms with Crippen LogP contribution in [0.3, 0.4) is 0 Å². The molecule has 0 N–H and O–H groups in total. The van der Waals surface area contributed by atoms with Crippen molar-refractivity contribution < 1.29 is 23.5 Å². The van der Waals surface area contributed by atoms with Crippen LogP contribution in [0.2, 0.25) is 5.02 Å². The molecule has 3 rings (SSSR count). The maximum absolute atomic E-state index is 13.8. The number of anilines is 1. The van der Waals surface area contributed by atoms with E-state index in [1.54, 1.807) is 39.8 Å². The number of hydrogen-bond donors (Lipinski definition) is 0. The number of carbonyl (C=O) groups excluding carboxylic acids is 3. The van der Waals surface area contributed by atoms with Crippen LogP contribution in [0.15, 0.2) is 47.3 Å². The number of benzene rings is 2. The molecule has 1 aromatic heterocycles. The van der Waals surface area contributed by atoms with Gasteiger partial charge >= 0.3 is 5.97 Å². The third kappa shape index (κ3) is 4.72. The number of nitrogens with zero attached hydrogens (tertiary/aromatic N) is 2. The van der Waals surface area contributed by atoms with Crippen LogP contribution in [0.25, 0.3) is 10.9 Å². The van der Waals surface area contributed by atoms with E-state index in [0.29, 0.717) is 10.5 Å². The molecule has 0 saturated heterocycles. The monoisotopic (exact) mass is 486 g/mol. The number of halogens is 2. The van der Waals surface area contributed by atoms with E-state index in [-0.39, 0.29) is 16.8 Å². The van der Waals surface area contributed by atoms with Gasteiger partial charge < -0.3 is 9.30 Å². The summed E-state index contributed by atoms with van der Waals surface area (Å²) in [5.74, 6) is -4.33. The summed E-state index contributed by atoms with van der Waals surface area (Å²) >= 11 is 6.17. The summed E-state index contributed by atoms with van der Waals surface area (Å²) < 4.78 is 20.3. The highest BCUT2D eigenvalue weighted by molar-refractivity contribution is 6.31. The minimum atomic E-state index is -1.00. The Morgan fingerprint density at radius 2 is 1.62 bits per heavy atom. The number of rotatable bonds is 5. The lowest BCUT2D eigenvalue weighted by atomic mass is 10.1. The Bertz CT molecular complexity index is 1350. The second-order valence-corrected chi connectivity index (χ2v) is 8.85. The maximum atomic E-state index is 13.8. The molecule has 2 amide bonds. The van der Waals surface area contributed by atoms with E-state index in [4.69, 9.17) is 16.3 Å². The summed E-state index contributed by atoms with van der Waals surface area (Å²) in [5, 5.41) is 0.544. The highest BCUT2D eigenvalue weighted by Crippen LogP contribution is 2.32. The minimum Gasteiger partial charge on any atom is -0.425 e. The van der Waals surface area contributed by atoms with Crippen molar-refractivity contribution in [2.24, 2.45) is 18.9 Å². The maximum Gasteiger partial charge on any atom is 0.313 e. The summed E-state index contributed by atoms with van der Waals surface area (Å²) in [6.45, 7) is 6.38. The highest BCUT2D eigenvalue weighted by Gasteiger charge is 2.33. The molecule has 9 heteroatoms. The Labute approximate surface area is 200 Å². The Morgan fingerprint density at radius 1 is 1.00 bits per heavy atom. The number of amides is 2. The van der Waals surface area contributed by atoms with Crippen LogP contribution in [0.1, 0.15) is 38.1 Å². The standard InChI is InChI=1S/C25H24ClFN2O5/c1-13(2)22(30)29(17-9-7-16(27)8-10-17)24(32)20-21(34-25(33)14(3)4)18-12-15(26)6-11-19(18)28(5)23(20)31/h6-14H,1-5H3. The molecule has 0 fully saturated rings. The van der Waals surface area contributed by atoms with E-state index in [0.717, 1.165) is 17.0 Å². The van der Waals surface area contributed by atoms with Gasteiger partial charge in [0.1, 0.15) is 11.4 Å². The fraction of sp³-hybridized carbons (Fsp3) is 0.280. The van der Waals surface area contributed by atoms with Gasteiger partial charge in [0.2, 0.25) is 5.91 Å². The van der Waals surface area contributed by atoms with Gasteiger partial charge in [-0.3, -0.25) is 19.2 Å². The van der Waals surface area contributed by atoms with E-state index in [1.165, 1.54) is 29.8 Å². The molecule has 34 heavy (non-hydrogen) atoms. The fourth-order valence-electron chi connectivity index (χ4n) is 3.31. The molecule has 0 aliphatic carbocycles. The van der Waals surface area contributed by atoms with Gasteiger partial charge in [-0.25, -0.2) is 9.29 Å². The van der Waals surface area contributed by atoms with E-state index in [2.05, 4.69) is 0 Å². The quantitative estimate of drug-likeness (QED) is 0.487. The number of aryl methyl sites for hydroxylation is 1. The van der Waals surface area contributed by atoms with Crippen LogP contribution < -0.4 is 15.2 Å². The predicted molar refractivity (Wildman–Crippen MR) is 128 cm³/mol. The first-order chi connectivity index (χ1) is 15.9. The Hall–Kier alpha value is -3.52. The lowest BCUT2D eigenvalue weighted by molar-refractivity contribution is -0.137. The summed E-state index contributed by atoms with van der Waals surface area (Å²) in [7, 11) is 1.45. The molecule has 0 bridgehead atoms. The Kier molecular flexibility index (Phi) is 7.21. The lowest BCUT2D eigenvalue weighted by Gasteiger charge is -2.24. The average molecular weight is 487 g/mol. The first-order valence-electron chi connectivity index (χ1n) is 10.6. The van der Waals surface area contributed by atoms with E-state index < -0.39 is 46.6 Å². The van der Waals surface area contributed by atoms with Crippen molar-refractivity contribution in [1.29, 1.82) is 0 Å². The van der Waals surface area contributed by atoms with Crippen LogP contribution in [0.4, 0.5) is 10.1 Å². The second kappa shape index (κ2) is 9.77. The molecule has 0 spiro atoms. The van der Waals surface area contributed by atoms with Crippen LogP contribution >= 0.6 is 11.6 Å². The molecule has 0 radical (unpaired) electrons. The molecule has 1 heterocycles. The van der Waals surface area contributed by atoms with Gasteiger partial charge in [-0.2, -0.15) is 0 Å². The molecule has 0 aliphatic heterocycles. The van der Waals surface area contributed by atoms with Crippen molar-refractivity contribution in [3.63, 3.8) is 0 Å². The molecule has 0 saturated carbocycles. The summed E-state index contributed by atoms with van der Waals surface area (Å²) in [5.41, 5.74) is -0.833. The number of imide groups is 1. The number of pyridine rings is 1. The molecular formula is C25H24ClFN2O5. The zero-order valence-corrected chi connectivity index (χ0v) is 20.1. The molecule has 0 atom stereocenters. The first kappa shape index (κ1) is 25.1. The highest BCUT2D eigenvalue weighted by atomic mass is 35.5. The Morgan fingerprint density at radius 3 is 2.18 bits per heavy atom. The topological polar surface area (TPSA) is 85.7 Å². The van der Waals surface area contributed by atoms with Crippen molar-refractivity contribution in [3.8, 4) is 5.75 Å². The minimum absolute atomic E-state index is 0.0690. The van der Waals surface area contributed by atoms with Gasteiger partial charge in [-0.1, -0.05) is 39.3 Å². The van der Waals surface area contributed by atoms with Crippen LogP contribution in [-0.2, 0) is 16.6 Å². The van der Waals surface area contributed by atoms with Crippen molar-refractivity contribution in [2.75, 3.05) is 4.90 Å². The lowest BCUT2D eigenvalue weighted by Crippen LogP contribution is -2.43. The third-order valence-electron chi connectivity index (χ3n) is 5.20. The number of fused-ring (bicyclic) bond motifs is 1. The van der Waals surface area contributed by atoms with Crippen LogP contribution in [-0.4, -0.2) is 22.4 Å². The molecule has 0 unspecified atom stereocenters. The Balaban J connectivity index is 2.36. The number of hydrogen-bond acceptors (Lipinski definition) is 5. The predicted octanol–water partition coefficient (Wildman–Crippen LogP) is 4.72. The van der Waals surface area contributed by atoms with Crippen molar-refractivity contribution in [3.05, 3.63) is 69.2 Å². The number of carbonyl (C=O) groups is 3. The van der Waals surface area contributed by atoms with Crippen molar-refractivity contribution >= 4 is 46.0 Å². The van der Waals surface area contributed by atoms with Crippen molar-refractivity contribution in [1.82, 2.24) is 4.57 Å². The molecular weight excluding hydrogens is 463 g/mol. The van der Waals surface area contributed by atoms with Gasteiger partial charge in [0.05, 0.1) is 17.1 Å². The molecule has 0 aliphatic rings. The number of esters is 1. The van der Waals surface area contributed by atoms with Gasteiger partial charge in [0.15, 0.2) is 5.75 Å². The van der Waals surface area contributed by atoms with Gasteiger partial charge in [0.25, 0.3) is 11.5 Å². The third-order valence-corrected chi connectivity index (χ3v) is 5.44. The van der Waals surface area contributed by atoms with Crippen molar-refractivity contribution in [2.45, 2.75) is 27.7 Å². The summed E-state index contributed by atoms with van der Waals surface area (Å²) in [4.78, 5) is 53.6. The van der Waals surface area contributed by atoms with E-state index in [1.807, 2.05) is 0 Å². The van der Waals surface area contributed by atoms with Gasteiger partial charge in [-0.15, -0.1) is 0 Å². The van der Waals surface area contributed by atoms with Gasteiger partial charge in [-0.05, 0) is 42.5 Å². The molecule has 7 nitrogen and oxygen atoms in total. The number of aromatic nitrogens is 1. The van der Waals surface area contributed by atoms with E-state index >= 15 is 0 Å². The summed E-state index contributed by atoms with van der Waals surface area (Å²) in [6.07, 6.45) is 0. The fourth-order valence-corrected chi connectivity index (χ4v) is 3.48. The van der Waals surface area contributed by atoms with Gasteiger partial charge in [0, 0.05) is 23.4 Å². The first-order valence-corrected chi connectivity index (χ1v) is 11.0. The SMILES string of the molecule is CC(C)C(=O)Oc1c(C(=O)N(C(=O)C(C)C)c2ccc(F)cc2)c(=O)n(C)c2ccc(Cl)cc12.